The van der Waals surface area contributed by atoms with Crippen molar-refractivity contribution >= 4 is 62.2 Å². The maximum absolute atomic E-state index is 6.08. The Hall–Kier alpha value is 0.330. The van der Waals surface area contributed by atoms with Crippen LogP contribution in [-0.4, -0.2) is 0 Å². The summed E-state index contributed by atoms with van der Waals surface area (Å²) in [5.41, 5.74) is 0. The second-order valence-corrected chi connectivity index (χ2v) is 6.87. The topological polar surface area (TPSA) is 0 Å². The van der Waals surface area contributed by atoms with Gasteiger partial charge in [-0.15, -0.1) is 23.1 Å². The smallest absolute Gasteiger partial charge is 0.0543 e. The Morgan fingerprint density at radius 2 is 2.06 bits per heavy atom. The molecule has 0 amide bonds. The Balaban J connectivity index is 2.07. The Morgan fingerprint density at radius 3 is 2.75 bits per heavy atom. The first kappa shape index (κ1) is 12.8. The molecule has 84 valence electrons. The highest BCUT2D eigenvalue weighted by molar-refractivity contribution is 9.10. The van der Waals surface area contributed by atoms with Gasteiger partial charge in [0.1, 0.15) is 0 Å². The van der Waals surface area contributed by atoms with Gasteiger partial charge in [-0.1, -0.05) is 23.2 Å². The molecule has 5 heteroatoms. The molecule has 0 saturated carbocycles. The quantitative estimate of drug-likeness (QED) is 0.600. The Labute approximate surface area is 121 Å². The number of benzene rings is 1. The lowest BCUT2D eigenvalue weighted by atomic mass is 10.4. The first-order chi connectivity index (χ1) is 7.65. The number of rotatable bonds is 3. The van der Waals surface area contributed by atoms with Crippen LogP contribution in [0.15, 0.2) is 39.0 Å². The molecular weight excluding hydrogens is 347 g/mol. The molecule has 0 spiro atoms. The molecule has 1 heterocycles. The molecule has 0 fully saturated rings. The number of thiophene rings is 1. The van der Waals surface area contributed by atoms with Crippen LogP contribution in [0.4, 0.5) is 0 Å². The second kappa shape index (κ2) is 5.78. The summed E-state index contributed by atoms with van der Waals surface area (Å²) >= 11 is 18.9. The molecule has 0 aliphatic rings. The van der Waals surface area contributed by atoms with E-state index in [1.54, 1.807) is 29.2 Å². The van der Waals surface area contributed by atoms with E-state index in [4.69, 9.17) is 23.2 Å². The molecule has 0 unspecified atom stereocenters. The van der Waals surface area contributed by atoms with Crippen LogP contribution in [0, 0.1) is 0 Å². The van der Waals surface area contributed by atoms with E-state index in [0.29, 0.717) is 0 Å². The number of hydrogen-bond donors (Lipinski definition) is 0. The maximum atomic E-state index is 6.08. The SMILES string of the molecule is Clc1ccc(Cl)c(SCc2cc(Br)cs2)c1. The molecule has 16 heavy (non-hydrogen) atoms. The molecule has 0 nitrogen and oxygen atoms in total. The van der Waals surface area contributed by atoms with Gasteiger partial charge < -0.3 is 0 Å². The zero-order chi connectivity index (χ0) is 11.5. The van der Waals surface area contributed by atoms with Crippen molar-refractivity contribution in [3.05, 3.63) is 49.0 Å². The fourth-order valence-electron chi connectivity index (χ4n) is 1.17. The molecule has 0 saturated heterocycles. The average Bonchev–Trinajstić information content (AvgIpc) is 2.66. The molecule has 0 radical (unpaired) electrons. The predicted molar refractivity (Wildman–Crippen MR) is 78.0 cm³/mol. The van der Waals surface area contributed by atoms with E-state index in [0.717, 1.165) is 25.2 Å². The van der Waals surface area contributed by atoms with Crippen molar-refractivity contribution in [2.75, 3.05) is 0 Å². The molecule has 0 bridgehead atoms. The van der Waals surface area contributed by atoms with E-state index < -0.39 is 0 Å². The average molecular weight is 354 g/mol. The van der Waals surface area contributed by atoms with Crippen LogP contribution in [0.25, 0.3) is 0 Å². The van der Waals surface area contributed by atoms with Gasteiger partial charge in [0.2, 0.25) is 0 Å². The van der Waals surface area contributed by atoms with Gasteiger partial charge in [-0.25, -0.2) is 0 Å². The van der Waals surface area contributed by atoms with E-state index in [-0.39, 0.29) is 0 Å². The van der Waals surface area contributed by atoms with Crippen molar-refractivity contribution in [1.29, 1.82) is 0 Å². The first-order valence-electron chi connectivity index (χ1n) is 4.46. The van der Waals surface area contributed by atoms with Gasteiger partial charge >= 0.3 is 0 Å². The standard InChI is InChI=1S/C11H7BrCl2S2/c12-7-3-9(15-5-7)6-16-11-4-8(13)1-2-10(11)14/h1-5H,6H2. The summed E-state index contributed by atoms with van der Waals surface area (Å²) in [6.45, 7) is 0. The lowest BCUT2D eigenvalue weighted by Crippen LogP contribution is -1.77. The summed E-state index contributed by atoms with van der Waals surface area (Å²) in [7, 11) is 0. The summed E-state index contributed by atoms with van der Waals surface area (Å²) in [5, 5.41) is 3.56. The predicted octanol–water partition coefficient (Wildman–Crippen LogP) is 6.11. The largest absolute Gasteiger partial charge is 0.147 e. The van der Waals surface area contributed by atoms with Gasteiger partial charge in [0, 0.05) is 30.4 Å². The van der Waals surface area contributed by atoms with Crippen LogP contribution >= 0.6 is 62.2 Å². The zero-order valence-corrected chi connectivity index (χ0v) is 12.8. The lowest BCUT2D eigenvalue weighted by Gasteiger charge is -2.03. The first-order valence-corrected chi connectivity index (χ1v) is 7.87. The van der Waals surface area contributed by atoms with Crippen molar-refractivity contribution in [3.63, 3.8) is 0 Å². The second-order valence-electron chi connectivity index (χ2n) is 3.09. The maximum Gasteiger partial charge on any atom is 0.0543 e. The van der Waals surface area contributed by atoms with E-state index in [2.05, 4.69) is 27.4 Å². The zero-order valence-electron chi connectivity index (χ0n) is 8.04. The van der Waals surface area contributed by atoms with Gasteiger partial charge in [0.05, 0.1) is 5.02 Å². The molecule has 2 aromatic rings. The van der Waals surface area contributed by atoms with Crippen LogP contribution in [0.3, 0.4) is 0 Å². The van der Waals surface area contributed by atoms with Crippen LogP contribution in [0.1, 0.15) is 4.88 Å². The summed E-state index contributed by atoms with van der Waals surface area (Å²) < 4.78 is 1.13. The van der Waals surface area contributed by atoms with E-state index in [1.165, 1.54) is 4.88 Å². The highest BCUT2D eigenvalue weighted by atomic mass is 79.9. The van der Waals surface area contributed by atoms with Crippen molar-refractivity contribution < 1.29 is 0 Å². The number of thioether (sulfide) groups is 1. The normalized spacial score (nSPS) is 10.7. The van der Waals surface area contributed by atoms with Gasteiger partial charge in [-0.05, 0) is 40.2 Å². The van der Waals surface area contributed by atoms with Crippen LogP contribution in [-0.2, 0) is 5.75 Å². The van der Waals surface area contributed by atoms with Crippen molar-refractivity contribution in [2.24, 2.45) is 0 Å². The van der Waals surface area contributed by atoms with E-state index in [1.807, 2.05) is 12.1 Å². The highest BCUT2D eigenvalue weighted by Crippen LogP contribution is 2.33. The Bertz CT molecular complexity index is 496. The molecule has 0 aliphatic carbocycles. The Morgan fingerprint density at radius 1 is 1.25 bits per heavy atom. The van der Waals surface area contributed by atoms with Gasteiger partial charge in [0.15, 0.2) is 0 Å². The third-order valence-electron chi connectivity index (χ3n) is 1.88. The molecular formula is C11H7BrCl2S2. The van der Waals surface area contributed by atoms with Gasteiger partial charge in [-0.2, -0.15) is 0 Å². The molecule has 1 aromatic carbocycles. The third kappa shape index (κ3) is 3.41. The fraction of sp³-hybridized carbons (Fsp3) is 0.0909. The van der Waals surface area contributed by atoms with Crippen LogP contribution < -0.4 is 0 Å². The minimum absolute atomic E-state index is 0.722. The number of hydrogen-bond acceptors (Lipinski definition) is 2. The van der Waals surface area contributed by atoms with Crippen molar-refractivity contribution in [3.8, 4) is 0 Å². The molecule has 1 aromatic heterocycles. The summed E-state index contributed by atoms with van der Waals surface area (Å²) in [5.74, 6) is 0.913. The van der Waals surface area contributed by atoms with E-state index in [9.17, 15) is 0 Å². The molecule has 0 aliphatic heterocycles. The van der Waals surface area contributed by atoms with Crippen LogP contribution in [0.5, 0.6) is 0 Å². The molecule has 2 rings (SSSR count). The van der Waals surface area contributed by atoms with Gasteiger partial charge in [0.25, 0.3) is 0 Å². The van der Waals surface area contributed by atoms with Crippen molar-refractivity contribution in [1.82, 2.24) is 0 Å². The third-order valence-corrected chi connectivity index (χ3v) is 5.55. The summed E-state index contributed by atoms with van der Waals surface area (Å²) in [4.78, 5) is 2.34. The fourth-order valence-corrected chi connectivity index (χ4v) is 4.17. The Kier molecular flexibility index (Phi) is 4.62. The highest BCUT2D eigenvalue weighted by Gasteiger charge is 2.04. The van der Waals surface area contributed by atoms with Crippen molar-refractivity contribution in [2.45, 2.75) is 10.6 Å². The molecule has 0 atom stereocenters. The van der Waals surface area contributed by atoms with Crippen LogP contribution in [0.2, 0.25) is 10.0 Å². The number of halogens is 3. The summed E-state index contributed by atoms with van der Waals surface area (Å²) in [6, 6.07) is 7.65. The van der Waals surface area contributed by atoms with Gasteiger partial charge in [-0.3, -0.25) is 0 Å². The monoisotopic (exact) mass is 352 g/mol. The van der Waals surface area contributed by atoms with E-state index >= 15 is 0 Å². The lowest BCUT2D eigenvalue weighted by molar-refractivity contribution is 1.43. The minimum atomic E-state index is 0.722. The minimum Gasteiger partial charge on any atom is -0.147 e. The summed E-state index contributed by atoms with van der Waals surface area (Å²) in [6.07, 6.45) is 0. The molecule has 0 N–H and O–H groups in total.